The van der Waals surface area contributed by atoms with Crippen LogP contribution >= 0.6 is 0 Å². The summed E-state index contributed by atoms with van der Waals surface area (Å²) in [6.45, 7) is 6.00. The van der Waals surface area contributed by atoms with Crippen molar-refractivity contribution in [3.8, 4) is 0 Å². The first kappa shape index (κ1) is 12.0. The molecule has 2 atom stereocenters. The maximum atomic E-state index is 5.68. The molecule has 0 aromatic heterocycles. The van der Waals surface area contributed by atoms with Gasteiger partial charge in [-0.1, -0.05) is 13.3 Å². The minimum Gasteiger partial charge on any atom is -0.377 e. The van der Waals surface area contributed by atoms with Crippen LogP contribution in [0.1, 0.15) is 32.6 Å². The number of hydrogen-bond acceptors (Lipinski definition) is 3. The lowest BCUT2D eigenvalue weighted by atomic mass is 10.0. The molecule has 84 valence electrons. The Kier molecular flexibility index (Phi) is 6.15. The molecular weight excluding hydrogens is 176 g/mol. The summed E-state index contributed by atoms with van der Waals surface area (Å²) >= 11 is 0. The molecular formula is C11H24N2O. The average Bonchev–Trinajstić information content (AvgIpc) is 2.69. The van der Waals surface area contributed by atoms with Gasteiger partial charge in [-0.25, -0.2) is 0 Å². The molecule has 1 heterocycles. The van der Waals surface area contributed by atoms with Crippen molar-refractivity contribution in [2.45, 2.75) is 38.7 Å². The summed E-state index contributed by atoms with van der Waals surface area (Å²) in [5, 5.41) is 3.46. The first-order valence-electron chi connectivity index (χ1n) is 5.89. The van der Waals surface area contributed by atoms with Crippen LogP contribution in [0.15, 0.2) is 0 Å². The molecule has 1 aliphatic heterocycles. The van der Waals surface area contributed by atoms with Gasteiger partial charge in [0.25, 0.3) is 0 Å². The molecule has 14 heavy (non-hydrogen) atoms. The molecule has 0 aromatic carbocycles. The predicted molar refractivity (Wildman–Crippen MR) is 59.3 cm³/mol. The van der Waals surface area contributed by atoms with Crippen LogP contribution < -0.4 is 11.1 Å². The molecule has 3 nitrogen and oxygen atoms in total. The van der Waals surface area contributed by atoms with Crippen molar-refractivity contribution in [3.05, 3.63) is 0 Å². The molecule has 0 aliphatic carbocycles. The second kappa shape index (κ2) is 7.21. The Morgan fingerprint density at radius 3 is 3.00 bits per heavy atom. The van der Waals surface area contributed by atoms with Crippen LogP contribution in [0, 0.1) is 5.92 Å². The molecule has 0 radical (unpaired) electrons. The van der Waals surface area contributed by atoms with E-state index < -0.39 is 0 Å². The van der Waals surface area contributed by atoms with Crippen molar-refractivity contribution in [3.63, 3.8) is 0 Å². The maximum absolute atomic E-state index is 5.68. The van der Waals surface area contributed by atoms with Crippen molar-refractivity contribution >= 4 is 0 Å². The third-order valence-corrected chi connectivity index (χ3v) is 2.86. The van der Waals surface area contributed by atoms with Gasteiger partial charge in [0.15, 0.2) is 0 Å². The summed E-state index contributed by atoms with van der Waals surface area (Å²) in [5.74, 6) is 0.640. The van der Waals surface area contributed by atoms with E-state index in [0.717, 1.165) is 26.2 Å². The highest BCUT2D eigenvalue weighted by Gasteiger charge is 2.15. The molecule has 1 saturated heterocycles. The van der Waals surface area contributed by atoms with Gasteiger partial charge >= 0.3 is 0 Å². The van der Waals surface area contributed by atoms with Gasteiger partial charge in [-0.15, -0.1) is 0 Å². The quantitative estimate of drug-likeness (QED) is 0.647. The summed E-state index contributed by atoms with van der Waals surface area (Å²) in [5.41, 5.74) is 5.68. The number of hydrogen-bond donors (Lipinski definition) is 2. The standard InChI is InChI=1S/C11H24N2O/c1-2-4-10(7-12)8-13-9-11-5-3-6-14-11/h10-11,13H,2-9,12H2,1H3. The van der Waals surface area contributed by atoms with Crippen molar-refractivity contribution in [1.29, 1.82) is 0 Å². The Bertz CT molecular complexity index is 135. The second-order valence-corrected chi connectivity index (χ2v) is 4.18. The van der Waals surface area contributed by atoms with Gasteiger partial charge in [0.05, 0.1) is 6.10 Å². The molecule has 1 fully saturated rings. The highest BCUT2D eigenvalue weighted by atomic mass is 16.5. The molecule has 1 rings (SSSR count). The highest BCUT2D eigenvalue weighted by Crippen LogP contribution is 2.10. The molecule has 0 saturated carbocycles. The van der Waals surface area contributed by atoms with E-state index in [1.165, 1.54) is 25.7 Å². The van der Waals surface area contributed by atoms with E-state index in [0.29, 0.717) is 12.0 Å². The fourth-order valence-electron chi connectivity index (χ4n) is 1.97. The lowest BCUT2D eigenvalue weighted by Gasteiger charge is -2.16. The Morgan fingerprint density at radius 1 is 1.57 bits per heavy atom. The fourth-order valence-corrected chi connectivity index (χ4v) is 1.97. The zero-order chi connectivity index (χ0) is 10.2. The van der Waals surface area contributed by atoms with Crippen LogP contribution in [-0.4, -0.2) is 32.3 Å². The normalized spacial score (nSPS) is 24.0. The van der Waals surface area contributed by atoms with Gasteiger partial charge in [0, 0.05) is 13.2 Å². The van der Waals surface area contributed by atoms with E-state index in [9.17, 15) is 0 Å². The molecule has 0 spiro atoms. The summed E-state index contributed by atoms with van der Waals surface area (Å²) in [4.78, 5) is 0. The van der Waals surface area contributed by atoms with Gasteiger partial charge in [-0.3, -0.25) is 0 Å². The van der Waals surface area contributed by atoms with Gasteiger partial charge in [-0.05, 0) is 38.3 Å². The van der Waals surface area contributed by atoms with Crippen molar-refractivity contribution in [2.75, 3.05) is 26.2 Å². The molecule has 2 unspecified atom stereocenters. The molecule has 1 aliphatic rings. The van der Waals surface area contributed by atoms with E-state index in [1.54, 1.807) is 0 Å². The van der Waals surface area contributed by atoms with E-state index in [-0.39, 0.29) is 0 Å². The Balaban J connectivity index is 2.00. The second-order valence-electron chi connectivity index (χ2n) is 4.18. The Hall–Kier alpha value is -0.120. The Morgan fingerprint density at radius 2 is 2.43 bits per heavy atom. The molecule has 0 amide bonds. The van der Waals surface area contributed by atoms with E-state index in [2.05, 4.69) is 12.2 Å². The van der Waals surface area contributed by atoms with Crippen molar-refractivity contribution in [1.82, 2.24) is 5.32 Å². The van der Waals surface area contributed by atoms with Gasteiger partial charge in [0.1, 0.15) is 0 Å². The minimum atomic E-state index is 0.454. The number of nitrogens with one attached hydrogen (secondary N) is 1. The van der Waals surface area contributed by atoms with E-state index in [4.69, 9.17) is 10.5 Å². The number of nitrogens with two attached hydrogens (primary N) is 1. The van der Waals surface area contributed by atoms with Crippen LogP contribution in [0.25, 0.3) is 0 Å². The van der Waals surface area contributed by atoms with Crippen LogP contribution in [-0.2, 0) is 4.74 Å². The summed E-state index contributed by atoms with van der Waals surface area (Å²) in [6, 6.07) is 0. The topological polar surface area (TPSA) is 47.3 Å². The molecule has 0 bridgehead atoms. The molecule has 0 aromatic rings. The monoisotopic (exact) mass is 200 g/mol. The molecule has 3 N–H and O–H groups in total. The summed E-state index contributed by atoms with van der Waals surface area (Å²) < 4.78 is 5.53. The lowest BCUT2D eigenvalue weighted by molar-refractivity contribution is 0.109. The first-order chi connectivity index (χ1) is 6.86. The number of ether oxygens (including phenoxy) is 1. The van der Waals surface area contributed by atoms with Crippen LogP contribution in [0.5, 0.6) is 0 Å². The largest absolute Gasteiger partial charge is 0.377 e. The first-order valence-corrected chi connectivity index (χ1v) is 5.89. The van der Waals surface area contributed by atoms with E-state index in [1.807, 2.05) is 0 Å². The van der Waals surface area contributed by atoms with Crippen LogP contribution in [0.4, 0.5) is 0 Å². The highest BCUT2D eigenvalue weighted by molar-refractivity contribution is 4.69. The van der Waals surface area contributed by atoms with Gasteiger partial charge < -0.3 is 15.8 Å². The number of rotatable bonds is 7. The fraction of sp³-hybridized carbons (Fsp3) is 1.00. The summed E-state index contributed by atoms with van der Waals surface area (Å²) in [6.07, 6.45) is 5.35. The van der Waals surface area contributed by atoms with Crippen molar-refractivity contribution in [2.24, 2.45) is 11.7 Å². The zero-order valence-corrected chi connectivity index (χ0v) is 9.30. The smallest absolute Gasteiger partial charge is 0.0700 e. The predicted octanol–water partition coefficient (Wildman–Crippen LogP) is 1.13. The lowest BCUT2D eigenvalue weighted by Crippen LogP contribution is -2.33. The zero-order valence-electron chi connectivity index (χ0n) is 9.30. The van der Waals surface area contributed by atoms with Crippen LogP contribution in [0.2, 0.25) is 0 Å². The van der Waals surface area contributed by atoms with Crippen LogP contribution in [0.3, 0.4) is 0 Å². The maximum Gasteiger partial charge on any atom is 0.0700 e. The van der Waals surface area contributed by atoms with Crippen molar-refractivity contribution < 1.29 is 4.74 Å². The average molecular weight is 200 g/mol. The summed E-state index contributed by atoms with van der Waals surface area (Å²) in [7, 11) is 0. The molecule has 3 heteroatoms. The van der Waals surface area contributed by atoms with Gasteiger partial charge in [0.2, 0.25) is 0 Å². The third-order valence-electron chi connectivity index (χ3n) is 2.86. The van der Waals surface area contributed by atoms with E-state index >= 15 is 0 Å². The van der Waals surface area contributed by atoms with Gasteiger partial charge in [-0.2, -0.15) is 0 Å². The third kappa shape index (κ3) is 4.40. The minimum absolute atomic E-state index is 0.454. The Labute approximate surface area is 87.4 Å². The SMILES string of the molecule is CCCC(CN)CNCC1CCCO1.